The number of nitrogens with zero attached hydrogens (tertiary/aromatic N) is 2. The van der Waals surface area contributed by atoms with E-state index in [0.717, 1.165) is 50.3 Å². The molecule has 0 unspecified atom stereocenters. The van der Waals surface area contributed by atoms with Gasteiger partial charge in [0, 0.05) is 44.4 Å². The van der Waals surface area contributed by atoms with Crippen LogP contribution in [-0.2, 0) is 21.7 Å². The zero-order valence-electron chi connectivity index (χ0n) is 44.0. The molecule has 0 amide bonds. The van der Waals surface area contributed by atoms with Crippen molar-refractivity contribution in [1.82, 2.24) is 0 Å². The fraction of sp³-hybridized carbons (Fsp3) is 0.292. The summed E-state index contributed by atoms with van der Waals surface area (Å²) in [4.78, 5) is 5.15. The van der Waals surface area contributed by atoms with Gasteiger partial charge in [0.1, 0.15) is 11.2 Å². The molecule has 4 nitrogen and oxygen atoms in total. The van der Waals surface area contributed by atoms with E-state index in [2.05, 4.69) is 235 Å². The van der Waals surface area contributed by atoms with Gasteiger partial charge in [-0.3, -0.25) is 4.90 Å². The zero-order valence-corrected chi connectivity index (χ0v) is 44.0. The SMILES string of the molecule is Cc1cc(C(C)(C)C)cc(C)c1N1c2cc(C(C)(C)C)cc3c2B(c2cc(-c4coc5ccccc45)ccc2N3c2c(C)cc(C(C)(C)C)cc2-c2ccccc2)c2c1oc1ccc(C(C)(C)C)cc21. The second-order valence-corrected chi connectivity index (χ2v) is 24.5. The second kappa shape index (κ2) is 15.6. The van der Waals surface area contributed by atoms with Gasteiger partial charge in [-0.1, -0.05) is 168 Å². The smallest absolute Gasteiger partial charge is 0.257 e. The molecule has 0 aliphatic carbocycles. The number of anilines is 6. The van der Waals surface area contributed by atoms with Gasteiger partial charge >= 0.3 is 0 Å². The molecule has 0 saturated heterocycles. The molecule has 0 radical (unpaired) electrons. The monoisotopic (exact) mass is 919 g/mol. The van der Waals surface area contributed by atoms with E-state index in [1.165, 1.54) is 83.5 Å². The van der Waals surface area contributed by atoms with Gasteiger partial charge in [0.05, 0.1) is 17.6 Å². The van der Waals surface area contributed by atoms with E-state index in [9.17, 15) is 0 Å². The van der Waals surface area contributed by atoms with Gasteiger partial charge in [0.2, 0.25) is 5.88 Å². The number of para-hydroxylation sites is 1. The van der Waals surface area contributed by atoms with Crippen molar-refractivity contribution in [1.29, 1.82) is 0 Å². The van der Waals surface area contributed by atoms with Crippen molar-refractivity contribution in [2.45, 2.75) is 126 Å². The minimum Gasteiger partial charge on any atom is -0.464 e. The molecule has 0 N–H and O–H groups in total. The molecule has 0 spiro atoms. The van der Waals surface area contributed by atoms with Crippen LogP contribution in [-0.4, -0.2) is 6.71 Å². The Hall–Kier alpha value is -6.72. The van der Waals surface area contributed by atoms with E-state index in [-0.39, 0.29) is 28.4 Å². The molecule has 0 saturated carbocycles. The zero-order chi connectivity index (χ0) is 49.6. The highest BCUT2D eigenvalue weighted by Gasteiger charge is 2.48. The first-order valence-electron chi connectivity index (χ1n) is 25.3. The maximum Gasteiger partial charge on any atom is 0.257 e. The van der Waals surface area contributed by atoms with Crippen LogP contribution in [0.3, 0.4) is 0 Å². The van der Waals surface area contributed by atoms with Crippen LogP contribution in [0, 0.1) is 20.8 Å². The van der Waals surface area contributed by atoms with E-state index in [4.69, 9.17) is 8.83 Å². The first kappa shape index (κ1) is 45.7. The number of furan rings is 2. The second-order valence-electron chi connectivity index (χ2n) is 24.5. The molecule has 2 aliphatic heterocycles. The summed E-state index contributed by atoms with van der Waals surface area (Å²) in [5.74, 6) is 0.888. The summed E-state index contributed by atoms with van der Waals surface area (Å²) in [5.41, 5.74) is 24.5. The summed E-state index contributed by atoms with van der Waals surface area (Å²) in [5, 5.41) is 2.26. The lowest BCUT2D eigenvalue weighted by Gasteiger charge is -2.45. The van der Waals surface area contributed by atoms with Gasteiger partial charge < -0.3 is 13.7 Å². The number of fused-ring (bicyclic) bond motifs is 7. The van der Waals surface area contributed by atoms with Crippen LogP contribution in [0.15, 0.2) is 142 Å². The Bertz CT molecular complexity index is 3560. The minimum absolute atomic E-state index is 0.0146. The molecule has 9 aromatic rings. The molecule has 7 aromatic carbocycles. The summed E-state index contributed by atoms with van der Waals surface area (Å²) in [6.07, 6.45) is 1.94. The Balaban J connectivity index is 1.33. The van der Waals surface area contributed by atoms with Crippen LogP contribution < -0.4 is 26.2 Å². The average Bonchev–Trinajstić information content (AvgIpc) is 3.90. The van der Waals surface area contributed by atoms with Gasteiger partial charge in [-0.15, -0.1) is 0 Å². The summed E-state index contributed by atoms with van der Waals surface area (Å²) in [7, 11) is 0. The van der Waals surface area contributed by atoms with E-state index in [0.29, 0.717) is 0 Å². The molecule has 2 aromatic heterocycles. The molecule has 4 heterocycles. The first-order chi connectivity index (χ1) is 33.0. The normalized spacial score (nSPS) is 13.8. The van der Waals surface area contributed by atoms with Crippen LogP contribution in [0.2, 0.25) is 0 Å². The minimum atomic E-state index is -0.186. The maximum absolute atomic E-state index is 7.44. The molecular formula is C65H67BN2O2. The van der Waals surface area contributed by atoms with Crippen LogP contribution in [0.1, 0.15) is 122 Å². The number of aryl methyl sites for hydroxylation is 3. The van der Waals surface area contributed by atoms with Crippen molar-refractivity contribution in [3.8, 4) is 22.3 Å². The lowest BCUT2D eigenvalue weighted by molar-refractivity contribution is 0.587. The topological polar surface area (TPSA) is 32.8 Å². The van der Waals surface area contributed by atoms with Gasteiger partial charge in [-0.25, -0.2) is 0 Å². The van der Waals surface area contributed by atoms with Crippen LogP contribution in [0.25, 0.3) is 44.2 Å². The van der Waals surface area contributed by atoms with Crippen molar-refractivity contribution < 1.29 is 8.83 Å². The van der Waals surface area contributed by atoms with Gasteiger partial charge in [0.15, 0.2) is 0 Å². The highest BCUT2D eigenvalue weighted by Crippen LogP contribution is 2.52. The van der Waals surface area contributed by atoms with E-state index < -0.39 is 0 Å². The fourth-order valence-electron chi connectivity index (χ4n) is 11.3. The Morgan fingerprint density at radius 3 is 1.63 bits per heavy atom. The predicted molar refractivity (Wildman–Crippen MR) is 300 cm³/mol. The predicted octanol–water partition coefficient (Wildman–Crippen LogP) is 16.7. The summed E-state index contributed by atoms with van der Waals surface area (Å²) in [6.45, 7) is 34.6. The molecule has 0 fully saturated rings. The fourth-order valence-corrected chi connectivity index (χ4v) is 11.3. The largest absolute Gasteiger partial charge is 0.464 e. The molecule has 0 atom stereocenters. The van der Waals surface area contributed by atoms with E-state index >= 15 is 0 Å². The third kappa shape index (κ3) is 7.25. The molecule has 2 aliphatic rings. The van der Waals surface area contributed by atoms with Crippen molar-refractivity contribution in [2.75, 3.05) is 9.80 Å². The maximum atomic E-state index is 7.44. The van der Waals surface area contributed by atoms with Crippen LogP contribution >= 0.6 is 0 Å². The van der Waals surface area contributed by atoms with E-state index in [1.807, 2.05) is 12.3 Å². The summed E-state index contributed by atoms with van der Waals surface area (Å²) < 4.78 is 13.7. The lowest BCUT2D eigenvalue weighted by Crippen LogP contribution is -2.61. The quantitative estimate of drug-likeness (QED) is 0.165. The number of hydrogen-bond acceptors (Lipinski definition) is 4. The third-order valence-corrected chi connectivity index (χ3v) is 15.3. The van der Waals surface area contributed by atoms with Crippen molar-refractivity contribution in [3.05, 3.63) is 173 Å². The highest BCUT2D eigenvalue weighted by atomic mass is 16.4. The van der Waals surface area contributed by atoms with Crippen molar-refractivity contribution in [2.24, 2.45) is 0 Å². The van der Waals surface area contributed by atoms with Gasteiger partial charge in [0.25, 0.3) is 6.71 Å². The molecule has 0 bridgehead atoms. The van der Waals surface area contributed by atoms with Crippen molar-refractivity contribution >= 4 is 79.4 Å². The molecular weight excluding hydrogens is 852 g/mol. The average molecular weight is 919 g/mol. The standard InChI is InChI=1S/C65H67BN2O2/c1-38-29-44(63(7,8)9)30-39(2)59(38)68-54-36-46(65(13,14)15)35-53-58(54)66(57-49-33-43(62(4,5)6)26-28-56(49)70-61(57)68)51-32-42(50-37-69-55-24-20-19-23-47(50)55)25-27-52(51)67(53)60-40(3)31-45(64(10,11)12)34-48(60)41-21-17-16-18-22-41/h16-37H,1-15H3. The number of hydrogen-bond donors (Lipinski definition) is 0. The van der Waals surface area contributed by atoms with Crippen LogP contribution in [0.4, 0.5) is 34.3 Å². The van der Waals surface area contributed by atoms with Gasteiger partial charge in [-0.05, 0) is 146 Å². The Kier molecular flexibility index (Phi) is 10.2. The van der Waals surface area contributed by atoms with Crippen LogP contribution in [0.5, 0.6) is 0 Å². The van der Waals surface area contributed by atoms with E-state index in [1.54, 1.807) is 0 Å². The third-order valence-electron chi connectivity index (χ3n) is 15.3. The first-order valence-corrected chi connectivity index (χ1v) is 25.3. The number of rotatable bonds is 4. The lowest BCUT2D eigenvalue weighted by atomic mass is 9.33. The Morgan fingerprint density at radius 1 is 0.414 bits per heavy atom. The Morgan fingerprint density at radius 2 is 0.986 bits per heavy atom. The summed E-state index contributed by atoms with van der Waals surface area (Å²) in [6, 6.07) is 48.2. The Labute approximate surface area is 416 Å². The molecule has 5 heteroatoms. The molecule has 70 heavy (non-hydrogen) atoms. The molecule has 11 rings (SSSR count). The highest BCUT2D eigenvalue weighted by molar-refractivity contribution is 7.01. The summed E-state index contributed by atoms with van der Waals surface area (Å²) >= 11 is 0. The van der Waals surface area contributed by atoms with Crippen molar-refractivity contribution in [3.63, 3.8) is 0 Å². The molecule has 352 valence electrons. The number of benzene rings is 7. The van der Waals surface area contributed by atoms with Gasteiger partial charge in [-0.2, -0.15) is 0 Å².